The Bertz CT molecular complexity index is 595. The van der Waals surface area contributed by atoms with Crippen molar-refractivity contribution in [2.45, 2.75) is 187 Å². The van der Waals surface area contributed by atoms with E-state index in [-0.39, 0.29) is 42.1 Å². The normalized spacial score (nSPS) is 12.7. The van der Waals surface area contributed by atoms with Crippen molar-refractivity contribution in [3.05, 3.63) is 12.2 Å². The molecule has 0 aromatic heterocycles. The first-order chi connectivity index (χ1) is 18.5. The van der Waals surface area contributed by atoms with E-state index in [1.165, 1.54) is 154 Å². The van der Waals surface area contributed by atoms with Gasteiger partial charge in [-0.2, -0.15) is 0 Å². The van der Waals surface area contributed by atoms with Crippen LogP contribution in [-0.2, 0) is 14.6 Å². The molecule has 0 heterocycles. The minimum Gasteiger partial charge on any atom is -0.726 e. The van der Waals surface area contributed by atoms with Crippen LogP contribution in [0, 0.1) is 5.92 Å². The van der Waals surface area contributed by atoms with Gasteiger partial charge in [0.2, 0.25) is 10.4 Å². The first-order valence-electron chi connectivity index (χ1n) is 16.8. The predicted molar refractivity (Wildman–Crippen MR) is 164 cm³/mol. The van der Waals surface area contributed by atoms with Crippen LogP contribution >= 0.6 is 0 Å². The maximum absolute atomic E-state index is 10.9. The third-order valence-corrected chi connectivity index (χ3v) is 8.16. The topological polar surface area (TPSA) is 66.4 Å². The van der Waals surface area contributed by atoms with E-state index in [1.54, 1.807) is 0 Å². The van der Waals surface area contributed by atoms with Crippen LogP contribution in [0.4, 0.5) is 0 Å². The minimum atomic E-state index is -4.62. The Morgan fingerprint density at radius 2 is 0.897 bits per heavy atom. The second-order valence-electron chi connectivity index (χ2n) is 11.6. The minimum absolute atomic E-state index is 0. The summed E-state index contributed by atoms with van der Waals surface area (Å²) in [5, 5.41) is 0. The van der Waals surface area contributed by atoms with Gasteiger partial charge in [0, 0.05) is 5.92 Å². The van der Waals surface area contributed by atoms with E-state index in [4.69, 9.17) is 0 Å². The van der Waals surface area contributed by atoms with Gasteiger partial charge in [-0.1, -0.05) is 180 Å². The van der Waals surface area contributed by atoms with Crippen molar-refractivity contribution >= 4 is 10.4 Å². The Morgan fingerprint density at radius 3 is 1.26 bits per heavy atom. The van der Waals surface area contributed by atoms with Gasteiger partial charge in [0.05, 0.1) is 6.61 Å². The molecule has 0 rings (SSSR count). The van der Waals surface area contributed by atoms with Gasteiger partial charge in [0.25, 0.3) is 0 Å². The third-order valence-electron chi connectivity index (χ3n) is 7.74. The Hall–Kier alpha value is 0.610. The summed E-state index contributed by atoms with van der Waals surface area (Å²) in [5.74, 6) is 0.0179. The van der Waals surface area contributed by atoms with E-state index in [0.29, 0.717) is 0 Å². The molecule has 228 valence electrons. The maximum atomic E-state index is 10.9. The number of rotatable bonds is 31. The summed E-state index contributed by atoms with van der Waals surface area (Å²) in [6, 6.07) is 0. The van der Waals surface area contributed by atoms with Crippen molar-refractivity contribution in [2.24, 2.45) is 5.92 Å². The molecule has 0 aliphatic rings. The third kappa shape index (κ3) is 36.6. The van der Waals surface area contributed by atoms with Crippen LogP contribution in [0.25, 0.3) is 0 Å². The van der Waals surface area contributed by atoms with Gasteiger partial charge < -0.3 is 4.55 Å². The molecule has 0 aromatic rings. The fraction of sp³-hybridized carbons (Fsp3) is 0.939. The van der Waals surface area contributed by atoms with Gasteiger partial charge in [0.15, 0.2) is 0 Å². The number of unbranched alkanes of at least 4 members (excludes halogenated alkanes) is 24. The van der Waals surface area contributed by atoms with Crippen molar-refractivity contribution in [2.75, 3.05) is 6.61 Å². The van der Waals surface area contributed by atoms with Crippen molar-refractivity contribution < 1.29 is 46.7 Å². The van der Waals surface area contributed by atoms with Gasteiger partial charge in [0.1, 0.15) is 0 Å². The van der Waals surface area contributed by atoms with Crippen LogP contribution in [0.15, 0.2) is 12.2 Å². The summed E-state index contributed by atoms with van der Waals surface area (Å²) >= 11 is 0. The molecule has 0 N–H and O–H groups in total. The monoisotopic (exact) mass is 580 g/mol. The fourth-order valence-corrected chi connectivity index (χ4v) is 5.56. The Balaban J connectivity index is 0. The number of hydrogen-bond donors (Lipinski definition) is 0. The smallest absolute Gasteiger partial charge is 0.726 e. The molecule has 1 unspecified atom stereocenters. The molecule has 0 aliphatic carbocycles. The average molecular weight is 581 g/mol. The van der Waals surface area contributed by atoms with Crippen LogP contribution in [0.3, 0.4) is 0 Å². The van der Waals surface area contributed by atoms with Gasteiger partial charge in [-0.3, -0.25) is 4.18 Å². The standard InChI is InChI=1S/C33H66O4S.Na/c1-3-5-7-9-11-13-14-15-16-17-18-19-20-21-23-25-27-29-31-33(32-37-38(34,35)36)30-28-26-24-22-12-10-8-6-4-2;/h29,31,33H,3-28,30,32H2,1-2H3,(H,34,35,36);/q;+1/p-1/b31-29+;. The van der Waals surface area contributed by atoms with Crippen molar-refractivity contribution in [3.63, 3.8) is 0 Å². The van der Waals surface area contributed by atoms with Crippen molar-refractivity contribution in [1.29, 1.82) is 0 Å². The van der Waals surface area contributed by atoms with Crippen LogP contribution in [0.1, 0.15) is 187 Å². The molecule has 0 bridgehead atoms. The van der Waals surface area contributed by atoms with Gasteiger partial charge in [-0.15, -0.1) is 0 Å². The zero-order valence-corrected chi connectivity index (χ0v) is 29.4. The first-order valence-corrected chi connectivity index (χ1v) is 18.1. The van der Waals surface area contributed by atoms with E-state index in [1.807, 2.05) is 0 Å². The van der Waals surface area contributed by atoms with Gasteiger partial charge in [-0.25, -0.2) is 8.42 Å². The molecule has 6 heteroatoms. The van der Waals surface area contributed by atoms with Crippen LogP contribution < -0.4 is 29.6 Å². The number of allylic oxidation sites excluding steroid dienone is 1. The Morgan fingerprint density at radius 1 is 0.564 bits per heavy atom. The molecule has 0 aliphatic heterocycles. The summed E-state index contributed by atoms with van der Waals surface area (Å²) in [5.41, 5.74) is 0. The second kappa shape index (κ2) is 33.1. The van der Waals surface area contributed by atoms with E-state index in [9.17, 15) is 13.0 Å². The molecular formula is C33H65NaO4S. The molecule has 0 radical (unpaired) electrons. The summed E-state index contributed by atoms with van der Waals surface area (Å²) < 4.78 is 37.3. The summed E-state index contributed by atoms with van der Waals surface area (Å²) in [4.78, 5) is 0. The molecule has 0 aromatic carbocycles. The van der Waals surface area contributed by atoms with E-state index in [2.05, 4.69) is 30.2 Å². The molecule has 0 saturated heterocycles. The predicted octanol–water partition coefficient (Wildman–Crippen LogP) is 8.21. The summed E-state index contributed by atoms with van der Waals surface area (Å²) in [6.45, 7) is 4.51. The molecule has 0 saturated carbocycles. The van der Waals surface area contributed by atoms with Crippen LogP contribution in [-0.4, -0.2) is 19.6 Å². The van der Waals surface area contributed by atoms with Crippen molar-refractivity contribution in [1.82, 2.24) is 0 Å². The van der Waals surface area contributed by atoms with E-state index in [0.717, 1.165) is 19.3 Å². The quantitative estimate of drug-likeness (QED) is 0.0272. The Labute approximate surface area is 267 Å². The SMILES string of the molecule is CCCCCCCCCCCCCCCCCC/C=C/C(CCCCCCCCCCC)COS(=O)(=O)[O-].[Na+]. The fourth-order valence-electron chi connectivity index (χ4n) is 5.22. The molecule has 0 fully saturated rings. The number of hydrogen-bond acceptors (Lipinski definition) is 4. The van der Waals surface area contributed by atoms with Crippen molar-refractivity contribution in [3.8, 4) is 0 Å². The van der Waals surface area contributed by atoms with Crippen LogP contribution in [0.5, 0.6) is 0 Å². The summed E-state index contributed by atoms with van der Waals surface area (Å²) in [7, 11) is -4.62. The maximum Gasteiger partial charge on any atom is 1.00 e. The zero-order chi connectivity index (χ0) is 28.0. The second-order valence-corrected chi connectivity index (χ2v) is 12.6. The van der Waals surface area contributed by atoms with Gasteiger partial charge in [-0.05, 0) is 19.3 Å². The average Bonchev–Trinajstić information content (AvgIpc) is 2.89. The molecule has 1 atom stereocenters. The molecule has 0 amide bonds. The summed E-state index contributed by atoms with van der Waals surface area (Å²) in [6.07, 6.45) is 39.6. The first kappa shape index (κ1) is 41.7. The van der Waals surface area contributed by atoms with Gasteiger partial charge >= 0.3 is 29.6 Å². The van der Waals surface area contributed by atoms with Crippen LogP contribution in [0.2, 0.25) is 0 Å². The largest absolute Gasteiger partial charge is 1.00 e. The molecule has 0 spiro atoms. The Kier molecular flexibility index (Phi) is 35.4. The van der Waals surface area contributed by atoms with E-state index >= 15 is 0 Å². The molecule has 39 heavy (non-hydrogen) atoms. The van der Waals surface area contributed by atoms with E-state index < -0.39 is 10.4 Å². The zero-order valence-electron chi connectivity index (χ0n) is 26.6. The molecular weight excluding hydrogens is 515 g/mol. The molecule has 4 nitrogen and oxygen atoms in total.